The first kappa shape index (κ1) is 12.3. The van der Waals surface area contributed by atoms with Gasteiger partial charge in [0.25, 0.3) is 0 Å². The third-order valence-corrected chi connectivity index (χ3v) is 3.49. The van der Waals surface area contributed by atoms with Crippen molar-refractivity contribution in [2.75, 3.05) is 0 Å². The van der Waals surface area contributed by atoms with Gasteiger partial charge in [0, 0.05) is 24.1 Å². The monoisotopic (exact) mass is 294 g/mol. The van der Waals surface area contributed by atoms with Gasteiger partial charge in [0.15, 0.2) is 0 Å². The maximum absolute atomic E-state index is 3.90. The van der Waals surface area contributed by atoms with Crippen LogP contribution < -0.4 is 5.32 Å². The van der Waals surface area contributed by atoms with Gasteiger partial charge in [0.2, 0.25) is 0 Å². The molecule has 0 aliphatic rings. The van der Waals surface area contributed by atoms with Crippen molar-refractivity contribution >= 4 is 15.9 Å². The average Bonchev–Trinajstić information content (AvgIpc) is 2.72. The Labute approximate surface area is 109 Å². The molecule has 1 atom stereocenters. The van der Waals surface area contributed by atoms with Crippen LogP contribution in [-0.4, -0.2) is 15.0 Å². The lowest BCUT2D eigenvalue weighted by atomic mass is 10.1. The summed E-state index contributed by atoms with van der Waals surface area (Å²) in [6.07, 6.45) is 1.78. The molecule has 5 heteroatoms. The zero-order valence-corrected chi connectivity index (χ0v) is 11.5. The average molecular weight is 295 g/mol. The number of aromatic nitrogens is 3. The molecular weight excluding hydrogens is 280 g/mol. The number of nitrogens with zero attached hydrogens (tertiary/aromatic N) is 3. The van der Waals surface area contributed by atoms with E-state index in [-0.39, 0.29) is 6.04 Å². The van der Waals surface area contributed by atoms with Gasteiger partial charge in [-0.1, -0.05) is 39.3 Å². The highest BCUT2D eigenvalue weighted by Crippen LogP contribution is 2.22. The minimum absolute atomic E-state index is 0.278. The Morgan fingerprint density at radius 3 is 2.82 bits per heavy atom. The van der Waals surface area contributed by atoms with Crippen LogP contribution in [0.4, 0.5) is 0 Å². The highest BCUT2D eigenvalue weighted by atomic mass is 79.9. The first-order valence-electron chi connectivity index (χ1n) is 5.50. The SMILES string of the molecule is C[C@@H](NCc1cnnn1C)c1ccccc1Br. The first-order valence-corrected chi connectivity index (χ1v) is 6.29. The molecule has 4 nitrogen and oxygen atoms in total. The number of benzene rings is 1. The van der Waals surface area contributed by atoms with E-state index in [1.807, 2.05) is 19.2 Å². The van der Waals surface area contributed by atoms with Crippen molar-refractivity contribution in [3.63, 3.8) is 0 Å². The minimum atomic E-state index is 0.278. The number of halogens is 1. The molecule has 0 fully saturated rings. The van der Waals surface area contributed by atoms with Crippen LogP contribution in [0.3, 0.4) is 0 Å². The van der Waals surface area contributed by atoms with E-state index >= 15 is 0 Å². The summed E-state index contributed by atoms with van der Waals surface area (Å²) in [6.45, 7) is 2.90. The lowest BCUT2D eigenvalue weighted by Gasteiger charge is -2.15. The van der Waals surface area contributed by atoms with E-state index in [9.17, 15) is 0 Å². The lowest BCUT2D eigenvalue weighted by molar-refractivity contribution is 0.545. The second-order valence-electron chi connectivity index (χ2n) is 3.97. The largest absolute Gasteiger partial charge is 0.304 e. The summed E-state index contributed by atoms with van der Waals surface area (Å²) < 4.78 is 2.91. The number of hydrogen-bond donors (Lipinski definition) is 1. The molecule has 0 aliphatic heterocycles. The zero-order valence-electron chi connectivity index (χ0n) is 9.89. The summed E-state index contributed by atoms with van der Waals surface area (Å²) in [5.41, 5.74) is 2.33. The Kier molecular flexibility index (Phi) is 3.91. The van der Waals surface area contributed by atoms with Crippen molar-refractivity contribution in [3.05, 3.63) is 46.2 Å². The van der Waals surface area contributed by atoms with Crippen LogP contribution in [0.2, 0.25) is 0 Å². The molecule has 1 heterocycles. The topological polar surface area (TPSA) is 42.7 Å². The van der Waals surface area contributed by atoms with E-state index in [2.05, 4.69) is 50.6 Å². The molecule has 1 N–H and O–H groups in total. The highest BCUT2D eigenvalue weighted by Gasteiger charge is 2.09. The van der Waals surface area contributed by atoms with Crippen LogP contribution in [0.5, 0.6) is 0 Å². The van der Waals surface area contributed by atoms with Gasteiger partial charge in [0.1, 0.15) is 0 Å². The molecule has 1 aromatic heterocycles. The molecule has 1 aromatic carbocycles. The smallest absolute Gasteiger partial charge is 0.0738 e. The van der Waals surface area contributed by atoms with Gasteiger partial charge >= 0.3 is 0 Å². The second-order valence-corrected chi connectivity index (χ2v) is 4.83. The molecule has 17 heavy (non-hydrogen) atoms. The van der Waals surface area contributed by atoms with Crippen molar-refractivity contribution < 1.29 is 0 Å². The van der Waals surface area contributed by atoms with Crippen molar-refractivity contribution in [2.45, 2.75) is 19.5 Å². The van der Waals surface area contributed by atoms with Crippen molar-refractivity contribution in [1.82, 2.24) is 20.3 Å². The fraction of sp³-hybridized carbons (Fsp3) is 0.333. The Morgan fingerprint density at radius 2 is 2.18 bits per heavy atom. The van der Waals surface area contributed by atoms with Crippen LogP contribution in [-0.2, 0) is 13.6 Å². The molecular formula is C12H15BrN4. The van der Waals surface area contributed by atoms with Crippen LogP contribution >= 0.6 is 15.9 Å². The molecule has 0 aliphatic carbocycles. The Hall–Kier alpha value is -1.20. The Morgan fingerprint density at radius 1 is 1.41 bits per heavy atom. The van der Waals surface area contributed by atoms with Gasteiger partial charge in [0.05, 0.1) is 11.9 Å². The Balaban J connectivity index is 2.01. The maximum atomic E-state index is 3.90. The molecule has 0 radical (unpaired) electrons. The van der Waals surface area contributed by atoms with Crippen LogP contribution in [0.15, 0.2) is 34.9 Å². The number of aryl methyl sites for hydroxylation is 1. The van der Waals surface area contributed by atoms with E-state index in [4.69, 9.17) is 0 Å². The van der Waals surface area contributed by atoms with E-state index in [1.165, 1.54) is 5.56 Å². The van der Waals surface area contributed by atoms with Gasteiger partial charge in [-0.25, -0.2) is 0 Å². The summed E-state index contributed by atoms with van der Waals surface area (Å²) in [5.74, 6) is 0. The quantitative estimate of drug-likeness (QED) is 0.942. The van der Waals surface area contributed by atoms with Gasteiger partial charge in [-0.3, -0.25) is 4.68 Å². The van der Waals surface area contributed by atoms with Gasteiger partial charge in [-0.2, -0.15) is 0 Å². The molecule has 2 aromatic rings. The predicted octanol–water partition coefficient (Wildman–Crippen LogP) is 2.43. The van der Waals surface area contributed by atoms with Gasteiger partial charge in [-0.05, 0) is 18.6 Å². The predicted molar refractivity (Wildman–Crippen MR) is 70.4 cm³/mol. The second kappa shape index (κ2) is 5.42. The molecule has 0 saturated heterocycles. The molecule has 90 valence electrons. The molecule has 0 unspecified atom stereocenters. The fourth-order valence-corrected chi connectivity index (χ4v) is 2.29. The molecule has 0 bridgehead atoms. The van der Waals surface area contributed by atoms with E-state index in [0.717, 1.165) is 16.7 Å². The van der Waals surface area contributed by atoms with E-state index < -0.39 is 0 Å². The van der Waals surface area contributed by atoms with E-state index in [0.29, 0.717) is 0 Å². The minimum Gasteiger partial charge on any atom is -0.304 e. The number of rotatable bonds is 4. The first-order chi connectivity index (χ1) is 8.18. The third-order valence-electron chi connectivity index (χ3n) is 2.77. The van der Waals surface area contributed by atoms with Crippen molar-refractivity contribution in [2.24, 2.45) is 7.05 Å². The normalized spacial score (nSPS) is 12.6. The maximum Gasteiger partial charge on any atom is 0.0738 e. The van der Waals surface area contributed by atoms with Gasteiger partial charge in [-0.15, -0.1) is 5.10 Å². The fourth-order valence-electron chi connectivity index (χ4n) is 1.66. The van der Waals surface area contributed by atoms with E-state index in [1.54, 1.807) is 10.9 Å². The molecule has 0 saturated carbocycles. The zero-order chi connectivity index (χ0) is 12.3. The molecule has 2 rings (SSSR count). The summed E-state index contributed by atoms with van der Waals surface area (Å²) in [4.78, 5) is 0. The van der Waals surface area contributed by atoms with Crippen LogP contribution in [0.1, 0.15) is 24.2 Å². The van der Waals surface area contributed by atoms with Crippen LogP contribution in [0.25, 0.3) is 0 Å². The summed E-state index contributed by atoms with van der Waals surface area (Å²) in [5, 5.41) is 11.2. The molecule has 0 spiro atoms. The number of nitrogens with one attached hydrogen (secondary N) is 1. The lowest BCUT2D eigenvalue weighted by Crippen LogP contribution is -2.20. The Bertz CT molecular complexity index is 495. The van der Waals surface area contributed by atoms with Crippen LogP contribution in [0, 0.1) is 0 Å². The summed E-state index contributed by atoms with van der Waals surface area (Å²) in [7, 11) is 1.90. The summed E-state index contributed by atoms with van der Waals surface area (Å²) in [6, 6.07) is 8.51. The standard InChI is InChI=1S/C12H15BrN4/c1-9(11-5-3-4-6-12(11)13)14-7-10-8-15-16-17(10)2/h3-6,8-9,14H,7H2,1-2H3/t9-/m1/s1. The van der Waals surface area contributed by atoms with Gasteiger partial charge < -0.3 is 5.32 Å². The summed E-state index contributed by atoms with van der Waals surface area (Å²) >= 11 is 3.56. The number of hydrogen-bond acceptors (Lipinski definition) is 3. The highest BCUT2D eigenvalue weighted by molar-refractivity contribution is 9.10. The molecule has 0 amide bonds. The van der Waals surface area contributed by atoms with Crippen molar-refractivity contribution in [3.8, 4) is 0 Å². The van der Waals surface area contributed by atoms with Crippen molar-refractivity contribution in [1.29, 1.82) is 0 Å². The third kappa shape index (κ3) is 2.92.